The average molecular weight is 305 g/mol. The van der Waals surface area contributed by atoms with Gasteiger partial charge in [0.1, 0.15) is 5.82 Å². The highest BCUT2D eigenvalue weighted by Crippen LogP contribution is 2.35. The van der Waals surface area contributed by atoms with E-state index in [9.17, 15) is 0 Å². The van der Waals surface area contributed by atoms with Crippen molar-refractivity contribution in [1.29, 1.82) is 0 Å². The minimum atomic E-state index is 0.618. The van der Waals surface area contributed by atoms with E-state index in [1.807, 2.05) is 13.0 Å². The maximum atomic E-state index is 4.83. The highest BCUT2D eigenvalue weighted by atomic mass is 15.0. The molecule has 1 aliphatic carbocycles. The minimum absolute atomic E-state index is 0.618. The van der Waals surface area contributed by atoms with Gasteiger partial charge in [-0.1, -0.05) is 49.6 Å². The summed E-state index contributed by atoms with van der Waals surface area (Å²) in [4.78, 5) is 9.54. The Bertz CT molecular complexity index is 728. The molecule has 3 nitrogen and oxygen atoms in total. The van der Waals surface area contributed by atoms with Crippen LogP contribution in [0.5, 0.6) is 0 Å². The summed E-state index contributed by atoms with van der Waals surface area (Å²) in [6.45, 7) is 2.85. The third-order valence-corrected chi connectivity index (χ3v) is 5.00. The molecule has 1 saturated carbocycles. The second-order valence-electron chi connectivity index (χ2n) is 6.63. The molecular weight excluding hydrogens is 282 g/mol. The highest BCUT2D eigenvalue weighted by Gasteiger charge is 2.24. The molecule has 2 heterocycles. The lowest BCUT2D eigenvalue weighted by atomic mass is 9.84. The van der Waals surface area contributed by atoms with Crippen LogP contribution in [0, 0.1) is 6.92 Å². The van der Waals surface area contributed by atoms with Crippen LogP contribution in [0.15, 0.2) is 30.3 Å². The van der Waals surface area contributed by atoms with Crippen LogP contribution in [-0.2, 0) is 6.54 Å². The van der Waals surface area contributed by atoms with Gasteiger partial charge in [-0.15, -0.1) is 0 Å². The first-order chi connectivity index (χ1) is 11.3. The van der Waals surface area contributed by atoms with Crippen molar-refractivity contribution < 1.29 is 0 Å². The van der Waals surface area contributed by atoms with Gasteiger partial charge in [-0.25, -0.2) is 9.97 Å². The molecule has 3 heteroatoms. The van der Waals surface area contributed by atoms with E-state index in [0.29, 0.717) is 5.92 Å². The zero-order chi connectivity index (χ0) is 15.6. The van der Waals surface area contributed by atoms with Crippen LogP contribution in [-0.4, -0.2) is 9.97 Å². The summed E-state index contributed by atoms with van der Waals surface area (Å²) in [6.07, 6.45) is 8.78. The van der Waals surface area contributed by atoms with Crippen LogP contribution in [0.3, 0.4) is 0 Å². The lowest BCUT2D eigenvalue weighted by Gasteiger charge is -2.27. The first kappa shape index (κ1) is 14.4. The summed E-state index contributed by atoms with van der Waals surface area (Å²) in [5, 5.41) is 3.57. The van der Waals surface area contributed by atoms with E-state index in [2.05, 4.69) is 35.7 Å². The molecular formula is C20H23N3. The minimum Gasteiger partial charge on any atom is -0.380 e. The second kappa shape index (κ2) is 6.15. The van der Waals surface area contributed by atoms with Crippen molar-refractivity contribution in [3.63, 3.8) is 0 Å². The third-order valence-electron chi connectivity index (χ3n) is 5.00. The molecule has 1 aromatic carbocycles. The summed E-state index contributed by atoms with van der Waals surface area (Å²) >= 11 is 0. The largest absolute Gasteiger partial charge is 0.380 e. The van der Waals surface area contributed by atoms with E-state index in [1.165, 1.54) is 48.9 Å². The maximum Gasteiger partial charge on any atom is 0.126 e. The molecule has 0 bridgehead atoms. The van der Waals surface area contributed by atoms with Gasteiger partial charge in [-0.05, 0) is 31.4 Å². The summed E-state index contributed by atoms with van der Waals surface area (Å²) in [5.74, 6) is 1.52. The Labute approximate surface area is 137 Å². The lowest BCUT2D eigenvalue weighted by Crippen LogP contribution is -2.22. The van der Waals surface area contributed by atoms with Gasteiger partial charge >= 0.3 is 0 Å². The number of nitrogens with one attached hydrogen (secondary N) is 1. The number of benzene rings is 1. The summed E-state index contributed by atoms with van der Waals surface area (Å²) < 4.78 is 0. The van der Waals surface area contributed by atoms with Crippen molar-refractivity contribution >= 4 is 11.8 Å². The van der Waals surface area contributed by atoms with Gasteiger partial charge in [0, 0.05) is 23.7 Å². The number of rotatable bonds is 2. The molecule has 0 unspecified atom stereocenters. The summed E-state index contributed by atoms with van der Waals surface area (Å²) in [5.41, 5.74) is 6.08. The molecule has 0 amide bonds. The van der Waals surface area contributed by atoms with Crippen LogP contribution >= 0.6 is 0 Å². The van der Waals surface area contributed by atoms with Crippen LogP contribution in [0.4, 0.5) is 0 Å². The van der Waals surface area contributed by atoms with E-state index in [1.54, 1.807) is 0 Å². The molecule has 0 saturated heterocycles. The van der Waals surface area contributed by atoms with Crippen molar-refractivity contribution in [3.05, 3.63) is 58.7 Å². The first-order valence-electron chi connectivity index (χ1n) is 8.69. The third kappa shape index (κ3) is 2.88. The molecule has 118 valence electrons. The Morgan fingerprint density at radius 3 is 2.57 bits per heavy atom. The number of fused-ring (bicyclic) bond motifs is 1. The molecule has 1 N–H and O–H groups in total. The van der Waals surface area contributed by atoms with E-state index in [-0.39, 0.29) is 0 Å². The van der Waals surface area contributed by atoms with Gasteiger partial charge in [0.15, 0.2) is 0 Å². The van der Waals surface area contributed by atoms with E-state index in [4.69, 9.17) is 9.97 Å². The molecule has 1 aromatic heterocycles. The van der Waals surface area contributed by atoms with Crippen molar-refractivity contribution in [2.75, 3.05) is 0 Å². The molecule has 1 fully saturated rings. The number of hydrogen-bond donors (Lipinski definition) is 1. The average Bonchev–Trinajstić information content (AvgIpc) is 2.62. The van der Waals surface area contributed by atoms with Crippen molar-refractivity contribution in [3.8, 4) is 0 Å². The number of hydrogen-bond acceptors (Lipinski definition) is 3. The fourth-order valence-electron chi connectivity index (χ4n) is 3.83. The molecule has 0 atom stereocenters. The molecule has 0 spiro atoms. The van der Waals surface area contributed by atoms with Crippen molar-refractivity contribution in [2.24, 2.45) is 0 Å². The first-order valence-corrected chi connectivity index (χ1v) is 8.69. The zero-order valence-electron chi connectivity index (χ0n) is 13.7. The maximum absolute atomic E-state index is 4.83. The van der Waals surface area contributed by atoms with E-state index >= 15 is 0 Å². The summed E-state index contributed by atoms with van der Waals surface area (Å²) in [7, 11) is 0. The van der Waals surface area contributed by atoms with Gasteiger partial charge in [0.25, 0.3) is 0 Å². The highest BCUT2D eigenvalue weighted by molar-refractivity contribution is 5.82. The molecule has 2 aliphatic rings. The Balaban J connectivity index is 1.74. The monoisotopic (exact) mass is 305 g/mol. The number of nitrogens with zero attached hydrogens (tertiary/aromatic N) is 2. The normalized spacial score (nSPS) is 18.0. The van der Waals surface area contributed by atoms with Gasteiger partial charge < -0.3 is 5.32 Å². The summed E-state index contributed by atoms with van der Waals surface area (Å²) in [6, 6.07) is 10.5. The number of aromatic nitrogens is 2. The van der Waals surface area contributed by atoms with Gasteiger partial charge in [-0.2, -0.15) is 0 Å². The molecule has 0 radical (unpaired) electrons. The standard InChI is InChI=1S/C20H23N3/c1-14-22-19-12-18(15-8-4-2-5-9-15)21-13-17(19)20(23-14)16-10-6-3-7-11-16/h2,4-5,8-9,12,16,21H,3,6-7,10-11,13H2,1H3. The van der Waals surface area contributed by atoms with Crippen LogP contribution in [0.1, 0.15) is 66.4 Å². The van der Waals surface area contributed by atoms with E-state index < -0.39 is 0 Å². The van der Waals surface area contributed by atoms with Crippen LogP contribution < -0.4 is 5.32 Å². The number of aryl methyl sites for hydroxylation is 1. The predicted octanol–water partition coefficient (Wildman–Crippen LogP) is 4.43. The molecule has 2 aromatic rings. The second-order valence-corrected chi connectivity index (χ2v) is 6.63. The van der Waals surface area contributed by atoms with Crippen molar-refractivity contribution in [2.45, 2.75) is 51.5 Å². The van der Waals surface area contributed by atoms with Gasteiger partial charge in [0.2, 0.25) is 0 Å². The molecule has 23 heavy (non-hydrogen) atoms. The Kier molecular flexibility index (Phi) is 3.86. The fourth-order valence-corrected chi connectivity index (χ4v) is 3.83. The van der Waals surface area contributed by atoms with Crippen LogP contribution in [0.2, 0.25) is 0 Å². The zero-order valence-corrected chi connectivity index (χ0v) is 13.7. The van der Waals surface area contributed by atoms with Crippen molar-refractivity contribution in [1.82, 2.24) is 15.3 Å². The van der Waals surface area contributed by atoms with E-state index in [0.717, 1.165) is 23.8 Å². The lowest BCUT2D eigenvalue weighted by molar-refractivity contribution is 0.432. The van der Waals surface area contributed by atoms with Crippen LogP contribution in [0.25, 0.3) is 11.8 Å². The Morgan fingerprint density at radius 2 is 1.78 bits per heavy atom. The fraction of sp³-hybridized carbons (Fsp3) is 0.400. The predicted molar refractivity (Wildman–Crippen MR) is 93.7 cm³/mol. The Hall–Kier alpha value is -2.16. The topological polar surface area (TPSA) is 37.8 Å². The smallest absolute Gasteiger partial charge is 0.126 e. The molecule has 1 aliphatic heterocycles. The Morgan fingerprint density at radius 1 is 1.00 bits per heavy atom. The molecule has 4 rings (SSSR count). The van der Waals surface area contributed by atoms with Gasteiger partial charge in [-0.3, -0.25) is 0 Å². The van der Waals surface area contributed by atoms with Gasteiger partial charge in [0.05, 0.1) is 11.4 Å². The quantitative estimate of drug-likeness (QED) is 0.891. The SMILES string of the molecule is Cc1nc2c(c(C3CCCCC3)n1)CNC(c1ccccc1)=C2.